The van der Waals surface area contributed by atoms with E-state index in [1.54, 1.807) is 9.80 Å². The second kappa shape index (κ2) is 6.04. The van der Waals surface area contributed by atoms with Crippen LogP contribution in [-0.2, 0) is 11.3 Å². The molecule has 1 aromatic carbocycles. The van der Waals surface area contributed by atoms with Crippen molar-refractivity contribution in [3.05, 3.63) is 41.7 Å². The minimum Gasteiger partial charge on any atom is -0.382 e. The first-order valence-electron chi connectivity index (χ1n) is 8.16. The number of nitrogens with zero attached hydrogens (tertiary/aromatic N) is 4. The van der Waals surface area contributed by atoms with Crippen LogP contribution in [0, 0.1) is 0 Å². The molecule has 0 spiro atoms. The molecule has 128 valence electrons. The number of anilines is 3. The average molecular weight is 338 g/mol. The smallest absolute Gasteiger partial charge is 0.291 e. The summed E-state index contributed by atoms with van der Waals surface area (Å²) < 4.78 is 0. The molecule has 1 atom stereocenters. The number of fused-ring (bicyclic) bond motifs is 1. The van der Waals surface area contributed by atoms with Crippen molar-refractivity contribution < 1.29 is 9.59 Å². The fourth-order valence-corrected chi connectivity index (χ4v) is 2.99. The summed E-state index contributed by atoms with van der Waals surface area (Å²) in [6.45, 7) is 1.89. The lowest BCUT2D eigenvalue weighted by atomic mass is 10.2. The summed E-state index contributed by atoms with van der Waals surface area (Å²) in [5.74, 6) is 0.505. The number of nitrogens with one attached hydrogen (secondary N) is 1. The van der Waals surface area contributed by atoms with Gasteiger partial charge in [-0.05, 0) is 12.0 Å². The zero-order valence-electron chi connectivity index (χ0n) is 13.6. The highest BCUT2D eigenvalue weighted by Crippen LogP contribution is 2.37. The van der Waals surface area contributed by atoms with E-state index in [2.05, 4.69) is 15.3 Å². The number of nitrogens with two attached hydrogens (primary N) is 1. The number of hydrogen-bond donors (Lipinski definition) is 2. The summed E-state index contributed by atoms with van der Waals surface area (Å²) in [5, 5.41) is 3.03. The number of benzene rings is 1. The summed E-state index contributed by atoms with van der Waals surface area (Å²) in [6.07, 6.45) is 1.18. The molecule has 3 heterocycles. The van der Waals surface area contributed by atoms with Crippen molar-refractivity contribution in [2.45, 2.75) is 19.1 Å². The lowest BCUT2D eigenvalue weighted by molar-refractivity contribution is -0.108. The van der Waals surface area contributed by atoms with Crippen molar-refractivity contribution >= 4 is 29.5 Å². The van der Waals surface area contributed by atoms with E-state index < -0.39 is 6.17 Å². The fraction of sp³-hybridized carbons (Fsp3) is 0.294. The molecule has 8 nitrogen and oxygen atoms in total. The maximum atomic E-state index is 12.4. The Morgan fingerprint density at radius 2 is 2.04 bits per heavy atom. The van der Waals surface area contributed by atoms with Crippen molar-refractivity contribution in [3.8, 4) is 0 Å². The lowest BCUT2D eigenvalue weighted by Gasteiger charge is -2.30. The summed E-state index contributed by atoms with van der Waals surface area (Å²) in [7, 11) is 0. The van der Waals surface area contributed by atoms with E-state index in [1.165, 1.54) is 0 Å². The topological polar surface area (TPSA) is 104 Å². The van der Waals surface area contributed by atoms with Crippen LogP contribution in [0.2, 0.25) is 0 Å². The molecule has 1 saturated heterocycles. The third kappa shape index (κ3) is 2.65. The number of aldehydes is 1. The molecule has 3 N–H and O–H groups in total. The molecule has 8 heteroatoms. The monoisotopic (exact) mass is 338 g/mol. The second-order valence-corrected chi connectivity index (χ2v) is 6.12. The summed E-state index contributed by atoms with van der Waals surface area (Å²) in [6, 6.07) is 9.74. The van der Waals surface area contributed by atoms with Gasteiger partial charge in [0.2, 0.25) is 5.82 Å². The maximum absolute atomic E-state index is 12.4. The highest BCUT2D eigenvalue weighted by molar-refractivity contribution is 5.95. The Balaban J connectivity index is 1.70. The van der Waals surface area contributed by atoms with Crippen LogP contribution in [0.25, 0.3) is 0 Å². The van der Waals surface area contributed by atoms with Gasteiger partial charge >= 0.3 is 0 Å². The highest BCUT2D eigenvalue weighted by atomic mass is 16.2. The van der Waals surface area contributed by atoms with E-state index in [-0.39, 0.29) is 17.5 Å². The van der Waals surface area contributed by atoms with Crippen LogP contribution in [0.5, 0.6) is 0 Å². The standard InChI is InChI=1S/C17H18N6O2/c18-14-13-16(21-15(20-14)17(25)22-7-4-8-22)23(12(10-24)19-13)9-11-5-2-1-3-6-11/h1-3,5-6,10,12,19H,4,7-9H2,(H2,18,20,21). The quantitative estimate of drug-likeness (QED) is 0.797. The van der Waals surface area contributed by atoms with Gasteiger partial charge in [-0.25, -0.2) is 9.97 Å². The number of hydrogen-bond acceptors (Lipinski definition) is 7. The van der Waals surface area contributed by atoms with Crippen molar-refractivity contribution in [2.75, 3.05) is 29.0 Å². The van der Waals surface area contributed by atoms with Gasteiger partial charge in [-0.15, -0.1) is 0 Å². The Morgan fingerprint density at radius 3 is 2.68 bits per heavy atom. The van der Waals surface area contributed by atoms with Crippen molar-refractivity contribution in [3.63, 3.8) is 0 Å². The minimum atomic E-state index is -0.596. The van der Waals surface area contributed by atoms with E-state index in [4.69, 9.17) is 5.73 Å². The van der Waals surface area contributed by atoms with Gasteiger partial charge < -0.3 is 20.9 Å². The Morgan fingerprint density at radius 1 is 1.28 bits per heavy atom. The van der Waals surface area contributed by atoms with Gasteiger partial charge in [-0.3, -0.25) is 9.59 Å². The molecule has 4 rings (SSSR count). The lowest BCUT2D eigenvalue weighted by Crippen LogP contribution is -2.43. The predicted molar refractivity (Wildman–Crippen MR) is 93.1 cm³/mol. The first kappa shape index (κ1) is 15.4. The minimum absolute atomic E-state index is 0.0716. The van der Waals surface area contributed by atoms with E-state index >= 15 is 0 Å². The number of carbonyl (C=O) groups is 2. The molecular weight excluding hydrogens is 320 g/mol. The molecule has 2 aliphatic rings. The zero-order valence-corrected chi connectivity index (χ0v) is 13.6. The molecule has 0 aliphatic carbocycles. The van der Waals surface area contributed by atoms with Gasteiger partial charge in [0.05, 0.1) is 0 Å². The first-order valence-corrected chi connectivity index (χ1v) is 8.16. The summed E-state index contributed by atoms with van der Waals surface area (Å²) >= 11 is 0. The third-order valence-corrected chi connectivity index (χ3v) is 4.48. The van der Waals surface area contributed by atoms with E-state index in [9.17, 15) is 9.59 Å². The molecule has 1 aromatic heterocycles. The van der Waals surface area contributed by atoms with Gasteiger partial charge in [-0.1, -0.05) is 30.3 Å². The van der Waals surface area contributed by atoms with Crippen LogP contribution in [0.3, 0.4) is 0 Å². The van der Waals surface area contributed by atoms with Crippen LogP contribution < -0.4 is 16.0 Å². The number of nitrogen functional groups attached to an aromatic ring is 1. The number of amides is 1. The second-order valence-electron chi connectivity index (χ2n) is 6.12. The Kier molecular flexibility index (Phi) is 3.72. The number of likely N-dealkylation sites (tertiary alicyclic amines) is 1. The average Bonchev–Trinajstić information content (AvgIpc) is 2.92. The molecule has 25 heavy (non-hydrogen) atoms. The van der Waals surface area contributed by atoms with E-state index in [0.29, 0.717) is 31.1 Å². The molecule has 0 saturated carbocycles. The zero-order chi connectivity index (χ0) is 17.4. The van der Waals surface area contributed by atoms with Crippen LogP contribution in [0.4, 0.5) is 17.3 Å². The van der Waals surface area contributed by atoms with Crippen molar-refractivity contribution in [1.29, 1.82) is 0 Å². The summed E-state index contributed by atoms with van der Waals surface area (Å²) in [4.78, 5) is 36.0. The number of rotatable bonds is 4. The van der Waals surface area contributed by atoms with Gasteiger partial charge in [0.15, 0.2) is 24.1 Å². The summed E-state index contributed by atoms with van der Waals surface area (Å²) in [5.41, 5.74) is 7.53. The van der Waals surface area contributed by atoms with E-state index in [0.717, 1.165) is 18.3 Å². The van der Waals surface area contributed by atoms with Crippen LogP contribution >= 0.6 is 0 Å². The Hall–Kier alpha value is -3.16. The number of aromatic nitrogens is 2. The molecule has 1 unspecified atom stereocenters. The number of carbonyl (C=O) groups excluding carboxylic acids is 2. The molecule has 2 aromatic rings. The normalized spacial score (nSPS) is 18.3. The SMILES string of the molecule is Nc1nc(C(=O)N2CCC2)nc2c1NC(C=O)N2Cc1ccccc1. The Labute approximate surface area is 144 Å². The highest BCUT2D eigenvalue weighted by Gasteiger charge is 2.34. The molecule has 2 aliphatic heterocycles. The van der Waals surface area contributed by atoms with Crippen LogP contribution in [0.15, 0.2) is 30.3 Å². The third-order valence-electron chi connectivity index (χ3n) is 4.48. The molecule has 1 fully saturated rings. The largest absolute Gasteiger partial charge is 0.382 e. The van der Waals surface area contributed by atoms with Crippen LogP contribution in [0.1, 0.15) is 22.6 Å². The first-order chi connectivity index (χ1) is 12.2. The van der Waals surface area contributed by atoms with Crippen molar-refractivity contribution in [2.24, 2.45) is 0 Å². The van der Waals surface area contributed by atoms with Gasteiger partial charge in [0, 0.05) is 19.6 Å². The molecule has 0 bridgehead atoms. The van der Waals surface area contributed by atoms with E-state index in [1.807, 2.05) is 30.3 Å². The van der Waals surface area contributed by atoms with Gasteiger partial charge in [-0.2, -0.15) is 0 Å². The predicted octanol–water partition coefficient (Wildman–Crippen LogP) is 0.862. The van der Waals surface area contributed by atoms with Crippen LogP contribution in [-0.4, -0.2) is 46.3 Å². The van der Waals surface area contributed by atoms with Gasteiger partial charge in [0.25, 0.3) is 5.91 Å². The Bertz CT molecular complexity index is 821. The molecule has 0 radical (unpaired) electrons. The molecular formula is C17H18N6O2. The van der Waals surface area contributed by atoms with Crippen molar-refractivity contribution in [1.82, 2.24) is 14.9 Å². The molecule has 1 amide bonds. The van der Waals surface area contributed by atoms with Gasteiger partial charge in [0.1, 0.15) is 5.69 Å². The fourth-order valence-electron chi connectivity index (χ4n) is 2.99. The maximum Gasteiger partial charge on any atom is 0.291 e.